The highest BCUT2D eigenvalue weighted by Gasteiger charge is 2.23. The SMILES string of the molecule is CS(=O)(=O)c1ccc(C2=C(Oc3ccc(OCCC4CCCCN4)cc3)c3ccc(O)cc3CC2)cc1. The molecular weight excluding hydrogens is 486 g/mol. The van der Waals surface area contributed by atoms with E-state index in [1.807, 2.05) is 42.5 Å². The van der Waals surface area contributed by atoms with Gasteiger partial charge in [0.25, 0.3) is 0 Å². The summed E-state index contributed by atoms with van der Waals surface area (Å²) in [5, 5.41) is 13.6. The summed E-state index contributed by atoms with van der Waals surface area (Å²) < 4.78 is 36.3. The zero-order valence-corrected chi connectivity index (χ0v) is 21.9. The number of benzene rings is 3. The first-order chi connectivity index (χ1) is 17.9. The smallest absolute Gasteiger partial charge is 0.175 e. The van der Waals surface area contributed by atoms with Crippen LogP contribution in [-0.2, 0) is 16.3 Å². The van der Waals surface area contributed by atoms with Crippen molar-refractivity contribution < 1.29 is 23.0 Å². The maximum absolute atomic E-state index is 11.9. The standard InChI is InChI=1S/C30H33NO5S/c1-37(33,34)27-13-5-21(6-14-27)28-15-7-22-20-24(32)8-16-29(22)30(28)36-26-11-9-25(10-12-26)35-19-17-23-4-2-3-18-31-23/h5-6,8-14,16,20,23,31-32H,2-4,7,15,17-19H2,1H3. The number of fused-ring (bicyclic) bond motifs is 1. The van der Waals surface area contributed by atoms with E-state index in [1.165, 1.54) is 25.5 Å². The Hall–Kier alpha value is -3.29. The number of allylic oxidation sites excluding steroid dienone is 1. The van der Waals surface area contributed by atoms with Crippen LogP contribution in [0.15, 0.2) is 71.6 Å². The minimum Gasteiger partial charge on any atom is -0.508 e. The van der Waals surface area contributed by atoms with Crippen LogP contribution >= 0.6 is 0 Å². The van der Waals surface area contributed by atoms with Crippen molar-refractivity contribution >= 4 is 21.2 Å². The first-order valence-corrected chi connectivity index (χ1v) is 14.8. The van der Waals surface area contributed by atoms with Crippen molar-refractivity contribution in [3.63, 3.8) is 0 Å². The van der Waals surface area contributed by atoms with E-state index in [1.54, 1.807) is 24.3 Å². The van der Waals surface area contributed by atoms with Crippen molar-refractivity contribution in [1.82, 2.24) is 5.32 Å². The number of hydrogen-bond acceptors (Lipinski definition) is 6. The van der Waals surface area contributed by atoms with Gasteiger partial charge in [-0.1, -0.05) is 18.6 Å². The molecule has 3 aromatic rings. The van der Waals surface area contributed by atoms with Gasteiger partial charge >= 0.3 is 0 Å². The molecule has 0 saturated carbocycles. The molecule has 1 atom stereocenters. The van der Waals surface area contributed by atoms with Gasteiger partial charge in [0, 0.05) is 23.4 Å². The lowest BCUT2D eigenvalue weighted by Crippen LogP contribution is -2.35. The number of hydrogen-bond donors (Lipinski definition) is 2. The minimum atomic E-state index is -3.27. The number of aromatic hydroxyl groups is 1. The number of aryl methyl sites for hydroxylation is 1. The van der Waals surface area contributed by atoms with Crippen LogP contribution in [0.3, 0.4) is 0 Å². The van der Waals surface area contributed by atoms with Gasteiger partial charge in [-0.05, 0) is 104 Å². The Morgan fingerprint density at radius 2 is 1.70 bits per heavy atom. The second-order valence-corrected chi connectivity index (χ2v) is 11.8. The molecule has 2 aliphatic rings. The van der Waals surface area contributed by atoms with Gasteiger partial charge in [0.15, 0.2) is 9.84 Å². The number of phenols is 1. The third-order valence-electron chi connectivity index (χ3n) is 7.07. The highest BCUT2D eigenvalue weighted by molar-refractivity contribution is 7.90. The number of rotatable bonds is 8. The Kier molecular flexibility index (Phi) is 7.53. The number of phenolic OH excluding ortho intramolecular Hbond substituents is 1. The van der Waals surface area contributed by atoms with E-state index in [2.05, 4.69) is 5.32 Å². The molecule has 37 heavy (non-hydrogen) atoms. The predicted molar refractivity (Wildman–Crippen MR) is 146 cm³/mol. The summed E-state index contributed by atoms with van der Waals surface area (Å²) in [4.78, 5) is 0.287. The van der Waals surface area contributed by atoms with E-state index in [4.69, 9.17) is 9.47 Å². The number of nitrogens with one attached hydrogen (secondary N) is 1. The minimum absolute atomic E-state index is 0.226. The van der Waals surface area contributed by atoms with E-state index < -0.39 is 9.84 Å². The van der Waals surface area contributed by atoms with Crippen molar-refractivity contribution in [2.45, 2.75) is 49.5 Å². The molecule has 5 rings (SSSR count). The van der Waals surface area contributed by atoms with Gasteiger partial charge in [-0.3, -0.25) is 0 Å². The van der Waals surface area contributed by atoms with Gasteiger partial charge in [-0.25, -0.2) is 8.42 Å². The molecule has 1 saturated heterocycles. The molecule has 1 heterocycles. The lowest BCUT2D eigenvalue weighted by molar-refractivity contribution is 0.268. The summed E-state index contributed by atoms with van der Waals surface area (Å²) in [5.74, 6) is 2.43. The zero-order valence-electron chi connectivity index (χ0n) is 21.1. The van der Waals surface area contributed by atoms with Crippen molar-refractivity contribution in [1.29, 1.82) is 0 Å². The fourth-order valence-corrected chi connectivity index (χ4v) is 5.68. The summed E-state index contributed by atoms with van der Waals surface area (Å²) in [6.07, 6.45) is 7.42. The van der Waals surface area contributed by atoms with E-state index in [-0.39, 0.29) is 10.6 Å². The van der Waals surface area contributed by atoms with Crippen LogP contribution in [0, 0.1) is 0 Å². The van der Waals surface area contributed by atoms with Crippen LogP contribution < -0.4 is 14.8 Å². The fraction of sp³-hybridized carbons (Fsp3) is 0.333. The molecular formula is C30H33NO5S. The molecule has 0 amide bonds. The van der Waals surface area contributed by atoms with E-state index in [0.29, 0.717) is 30.6 Å². The molecule has 194 valence electrons. The third kappa shape index (κ3) is 6.17. The maximum atomic E-state index is 11.9. The number of sulfone groups is 1. The highest BCUT2D eigenvalue weighted by atomic mass is 32.2. The third-order valence-corrected chi connectivity index (χ3v) is 8.20. The molecule has 1 aliphatic carbocycles. The van der Waals surface area contributed by atoms with Gasteiger partial charge in [0.1, 0.15) is 23.0 Å². The van der Waals surface area contributed by atoms with E-state index in [9.17, 15) is 13.5 Å². The van der Waals surface area contributed by atoms with Gasteiger partial charge in [-0.2, -0.15) is 0 Å². The Morgan fingerprint density at radius 1 is 0.946 bits per heavy atom. The average molecular weight is 520 g/mol. The zero-order chi connectivity index (χ0) is 25.8. The molecule has 6 nitrogen and oxygen atoms in total. The van der Waals surface area contributed by atoms with Crippen molar-refractivity contribution in [2.75, 3.05) is 19.4 Å². The summed E-state index contributed by atoms with van der Waals surface area (Å²) in [5.41, 5.74) is 3.85. The van der Waals surface area contributed by atoms with Crippen LogP contribution in [0.25, 0.3) is 11.3 Å². The Labute approximate surface area is 218 Å². The topological polar surface area (TPSA) is 84.9 Å². The molecule has 1 fully saturated rings. The molecule has 0 radical (unpaired) electrons. The number of ether oxygens (including phenoxy) is 2. The first-order valence-electron chi connectivity index (χ1n) is 12.9. The lowest BCUT2D eigenvalue weighted by Gasteiger charge is -2.24. The Balaban J connectivity index is 1.37. The quantitative estimate of drug-likeness (QED) is 0.403. The summed E-state index contributed by atoms with van der Waals surface area (Å²) in [7, 11) is -3.27. The van der Waals surface area contributed by atoms with Crippen molar-refractivity contribution in [2.24, 2.45) is 0 Å². The Morgan fingerprint density at radius 3 is 2.41 bits per heavy atom. The van der Waals surface area contributed by atoms with Gasteiger partial charge in [0.2, 0.25) is 0 Å². The van der Waals surface area contributed by atoms with Crippen LogP contribution in [0.1, 0.15) is 48.8 Å². The molecule has 1 unspecified atom stereocenters. The van der Waals surface area contributed by atoms with Crippen LogP contribution in [0.5, 0.6) is 17.2 Å². The predicted octanol–water partition coefficient (Wildman–Crippen LogP) is 5.60. The monoisotopic (exact) mass is 519 g/mol. The Bertz CT molecular complexity index is 1370. The molecule has 2 N–H and O–H groups in total. The summed E-state index contributed by atoms with van der Waals surface area (Å²) in [6.45, 7) is 1.77. The maximum Gasteiger partial charge on any atom is 0.175 e. The van der Waals surface area contributed by atoms with E-state index in [0.717, 1.165) is 47.4 Å². The molecule has 0 bridgehead atoms. The van der Waals surface area contributed by atoms with Crippen molar-refractivity contribution in [3.8, 4) is 17.2 Å². The molecule has 7 heteroatoms. The van der Waals surface area contributed by atoms with Gasteiger partial charge < -0.3 is 19.9 Å². The molecule has 0 spiro atoms. The molecule has 0 aromatic heterocycles. The number of piperidine rings is 1. The highest BCUT2D eigenvalue weighted by Crippen LogP contribution is 2.39. The van der Waals surface area contributed by atoms with Crippen molar-refractivity contribution in [3.05, 3.63) is 83.4 Å². The van der Waals surface area contributed by atoms with Gasteiger partial charge in [0.05, 0.1) is 11.5 Å². The molecule has 1 aliphatic heterocycles. The molecule has 3 aromatic carbocycles. The lowest BCUT2D eigenvalue weighted by atomic mass is 9.87. The van der Waals surface area contributed by atoms with Crippen LogP contribution in [0.4, 0.5) is 0 Å². The second kappa shape index (κ2) is 11.0. The summed E-state index contributed by atoms with van der Waals surface area (Å²) in [6, 6.07) is 20.4. The average Bonchev–Trinajstić information content (AvgIpc) is 2.90. The normalized spacial score (nSPS) is 17.8. The fourth-order valence-electron chi connectivity index (χ4n) is 5.05. The second-order valence-electron chi connectivity index (χ2n) is 9.80. The van der Waals surface area contributed by atoms with Crippen LogP contribution in [-0.4, -0.2) is 39.0 Å². The van der Waals surface area contributed by atoms with Crippen LogP contribution in [0.2, 0.25) is 0 Å². The summed E-state index contributed by atoms with van der Waals surface area (Å²) >= 11 is 0. The first kappa shape index (κ1) is 25.4. The van der Waals surface area contributed by atoms with Gasteiger partial charge in [-0.15, -0.1) is 0 Å². The largest absolute Gasteiger partial charge is 0.508 e. The van der Waals surface area contributed by atoms with E-state index >= 15 is 0 Å².